The van der Waals surface area contributed by atoms with Crippen LogP contribution < -0.4 is 11.5 Å². The largest absolute Gasteiger partial charge is 0.369 e. The van der Waals surface area contributed by atoms with E-state index in [0.29, 0.717) is 5.92 Å². The molecule has 0 aromatic heterocycles. The first-order chi connectivity index (χ1) is 7.55. The summed E-state index contributed by atoms with van der Waals surface area (Å²) >= 11 is 0. The average Bonchev–Trinajstić information content (AvgIpc) is 1.95. The van der Waals surface area contributed by atoms with Gasteiger partial charge >= 0.3 is 0 Å². The fourth-order valence-corrected chi connectivity index (χ4v) is 2.61. The Kier molecular flexibility index (Phi) is 6.13. The van der Waals surface area contributed by atoms with Gasteiger partial charge < -0.3 is 11.5 Å². The number of nitrogens with two attached hydrogens (primary N) is 2. The molecule has 0 aliphatic carbocycles. The Bertz CT molecular complexity index is 244. The zero-order valence-electron chi connectivity index (χ0n) is 12.2. The Morgan fingerprint density at radius 3 is 1.94 bits per heavy atom. The maximum absolute atomic E-state index is 11.2. The first-order valence-electron chi connectivity index (χ1n) is 6.33. The Morgan fingerprint density at radius 1 is 1.24 bits per heavy atom. The van der Waals surface area contributed by atoms with Crippen LogP contribution in [-0.4, -0.2) is 36.0 Å². The summed E-state index contributed by atoms with van der Waals surface area (Å²) in [5.41, 5.74) is 11.4. The van der Waals surface area contributed by atoms with Gasteiger partial charge in [-0.2, -0.15) is 0 Å². The van der Waals surface area contributed by atoms with E-state index in [0.717, 1.165) is 6.54 Å². The normalized spacial score (nSPS) is 16.3. The molecule has 0 aromatic carbocycles. The molecule has 4 heteroatoms. The van der Waals surface area contributed by atoms with Crippen LogP contribution in [0.5, 0.6) is 0 Å². The number of hydrogen-bond acceptors (Lipinski definition) is 3. The zero-order chi connectivity index (χ0) is 13.8. The summed E-state index contributed by atoms with van der Waals surface area (Å²) in [4.78, 5) is 13.3. The van der Waals surface area contributed by atoms with Crippen LogP contribution >= 0.6 is 0 Å². The number of carbonyl (C=O) groups excluding carboxylic acids is 1. The van der Waals surface area contributed by atoms with Gasteiger partial charge in [0.1, 0.15) is 0 Å². The highest BCUT2D eigenvalue weighted by Gasteiger charge is 2.34. The lowest BCUT2D eigenvalue weighted by Gasteiger charge is -2.42. The zero-order valence-corrected chi connectivity index (χ0v) is 12.2. The van der Waals surface area contributed by atoms with E-state index < -0.39 is 0 Å². The van der Waals surface area contributed by atoms with Gasteiger partial charge in [0, 0.05) is 18.6 Å². The lowest BCUT2D eigenvalue weighted by atomic mass is 9.81. The molecule has 4 N–H and O–H groups in total. The lowest BCUT2D eigenvalue weighted by Crippen LogP contribution is -2.56. The first kappa shape index (κ1) is 16.4. The van der Waals surface area contributed by atoms with Gasteiger partial charge in [-0.25, -0.2) is 0 Å². The van der Waals surface area contributed by atoms with E-state index in [2.05, 4.69) is 39.5 Å². The Balaban J connectivity index is 5.00. The van der Waals surface area contributed by atoms with Crippen molar-refractivity contribution in [1.29, 1.82) is 0 Å². The predicted octanol–water partition coefficient (Wildman–Crippen LogP) is 1.19. The smallest absolute Gasteiger partial charge is 0.231 e. The molecule has 0 rings (SSSR count). The van der Waals surface area contributed by atoms with E-state index in [1.807, 2.05) is 6.92 Å². The molecule has 0 saturated heterocycles. The van der Waals surface area contributed by atoms with Crippen LogP contribution in [0.3, 0.4) is 0 Å². The first-order valence-corrected chi connectivity index (χ1v) is 6.33. The van der Waals surface area contributed by atoms with Crippen molar-refractivity contribution in [2.45, 2.75) is 53.6 Å². The van der Waals surface area contributed by atoms with Gasteiger partial charge in [-0.3, -0.25) is 9.69 Å². The predicted molar refractivity (Wildman–Crippen MR) is 72.5 cm³/mol. The quantitative estimate of drug-likeness (QED) is 0.736. The maximum Gasteiger partial charge on any atom is 0.231 e. The highest BCUT2D eigenvalue weighted by atomic mass is 16.1. The summed E-state index contributed by atoms with van der Waals surface area (Å²) in [7, 11) is 0. The fourth-order valence-electron chi connectivity index (χ4n) is 2.61. The van der Waals surface area contributed by atoms with Crippen molar-refractivity contribution in [2.75, 3.05) is 13.1 Å². The van der Waals surface area contributed by atoms with Crippen LogP contribution in [-0.2, 0) is 4.79 Å². The molecule has 0 bridgehead atoms. The van der Waals surface area contributed by atoms with E-state index in [9.17, 15) is 4.79 Å². The number of hydrogen-bond donors (Lipinski definition) is 2. The third-order valence-electron chi connectivity index (χ3n) is 2.74. The van der Waals surface area contributed by atoms with Crippen LogP contribution in [0.25, 0.3) is 0 Å². The van der Waals surface area contributed by atoms with Crippen molar-refractivity contribution in [1.82, 2.24) is 4.90 Å². The second kappa shape index (κ2) is 6.36. The van der Waals surface area contributed by atoms with Crippen molar-refractivity contribution >= 4 is 5.91 Å². The fraction of sp³-hybridized carbons (Fsp3) is 0.923. The molecule has 102 valence electrons. The van der Waals surface area contributed by atoms with Crippen molar-refractivity contribution in [3.05, 3.63) is 0 Å². The van der Waals surface area contributed by atoms with Crippen LogP contribution in [0.4, 0.5) is 0 Å². The molecule has 0 heterocycles. The molecule has 0 aliphatic rings. The van der Waals surface area contributed by atoms with Crippen LogP contribution in [0.15, 0.2) is 0 Å². The molecule has 1 amide bonds. The van der Waals surface area contributed by atoms with Gasteiger partial charge in [0.2, 0.25) is 5.91 Å². The standard InChI is InChI=1S/C13H29N3O/c1-9(2)7-16(8-11(15)17)12(10(3)14)13(4,5)6/h9-10,12H,7-8,14H2,1-6H3,(H2,15,17). The van der Waals surface area contributed by atoms with Crippen molar-refractivity contribution in [3.8, 4) is 0 Å². The van der Waals surface area contributed by atoms with Crippen LogP contribution in [0, 0.1) is 11.3 Å². The van der Waals surface area contributed by atoms with Gasteiger partial charge in [0.15, 0.2) is 0 Å². The second-order valence-corrected chi connectivity index (χ2v) is 6.46. The molecule has 0 aromatic rings. The maximum atomic E-state index is 11.2. The van der Waals surface area contributed by atoms with Gasteiger partial charge in [0.05, 0.1) is 6.54 Å². The van der Waals surface area contributed by atoms with E-state index in [1.54, 1.807) is 0 Å². The molecule has 0 fully saturated rings. The SMILES string of the molecule is CC(C)CN(CC(N)=O)C(C(C)N)C(C)(C)C. The Labute approximate surface area is 106 Å². The Morgan fingerprint density at radius 2 is 1.71 bits per heavy atom. The van der Waals surface area contributed by atoms with E-state index in [4.69, 9.17) is 11.5 Å². The molecule has 0 saturated carbocycles. The summed E-state index contributed by atoms with van der Waals surface area (Å²) in [6, 6.07) is 0.158. The number of carbonyl (C=O) groups is 1. The topological polar surface area (TPSA) is 72.3 Å². The molecule has 2 atom stereocenters. The van der Waals surface area contributed by atoms with Crippen LogP contribution in [0.2, 0.25) is 0 Å². The van der Waals surface area contributed by atoms with Crippen molar-refractivity contribution in [3.63, 3.8) is 0 Å². The minimum atomic E-state index is -0.291. The summed E-state index contributed by atoms with van der Waals surface area (Å²) in [6.07, 6.45) is 0. The molecule has 4 nitrogen and oxygen atoms in total. The molecule has 0 radical (unpaired) electrons. The van der Waals surface area contributed by atoms with Crippen molar-refractivity contribution in [2.24, 2.45) is 22.8 Å². The lowest BCUT2D eigenvalue weighted by molar-refractivity contribution is -0.120. The van der Waals surface area contributed by atoms with Gasteiger partial charge in [0.25, 0.3) is 0 Å². The third-order valence-corrected chi connectivity index (χ3v) is 2.74. The third kappa shape index (κ3) is 6.03. The molecular weight excluding hydrogens is 214 g/mol. The number of amides is 1. The summed E-state index contributed by atoms with van der Waals surface area (Å²) < 4.78 is 0. The van der Waals surface area contributed by atoms with Gasteiger partial charge in [-0.05, 0) is 18.3 Å². The minimum Gasteiger partial charge on any atom is -0.369 e. The minimum absolute atomic E-state index is 0.00750. The number of nitrogens with zero attached hydrogens (tertiary/aromatic N) is 1. The van der Waals surface area contributed by atoms with Crippen LogP contribution in [0.1, 0.15) is 41.5 Å². The summed E-state index contributed by atoms with van der Waals surface area (Å²) in [6.45, 7) is 13.8. The number of rotatable bonds is 6. The van der Waals surface area contributed by atoms with E-state index >= 15 is 0 Å². The molecular formula is C13H29N3O. The molecule has 0 spiro atoms. The van der Waals surface area contributed by atoms with E-state index in [-0.39, 0.29) is 30.0 Å². The van der Waals surface area contributed by atoms with Crippen molar-refractivity contribution < 1.29 is 4.79 Å². The summed E-state index contributed by atoms with van der Waals surface area (Å²) in [5.74, 6) is 0.193. The second-order valence-electron chi connectivity index (χ2n) is 6.46. The van der Waals surface area contributed by atoms with Gasteiger partial charge in [-0.15, -0.1) is 0 Å². The van der Waals surface area contributed by atoms with E-state index in [1.165, 1.54) is 0 Å². The molecule has 0 aliphatic heterocycles. The molecule has 2 unspecified atom stereocenters. The highest BCUT2D eigenvalue weighted by Crippen LogP contribution is 2.27. The monoisotopic (exact) mass is 243 g/mol. The highest BCUT2D eigenvalue weighted by molar-refractivity contribution is 5.76. The Hall–Kier alpha value is -0.610. The average molecular weight is 243 g/mol. The number of primary amides is 1. The molecule has 17 heavy (non-hydrogen) atoms. The van der Waals surface area contributed by atoms with Gasteiger partial charge in [-0.1, -0.05) is 34.6 Å². The summed E-state index contributed by atoms with van der Waals surface area (Å²) in [5, 5.41) is 0.